The standard InChI is InChI=1S/C26H20ClF3N6O3/c1-3-34-25(39)36-23(33-34)21(15-4-7-17(27)8-5-15)22(16-6-9-18(13-37)31-12-16)24(38)35(36)19-10-11-20(26(28,29)30)32-14(19)2/h4-12,37H,3,13H2,1-2H3. The maximum absolute atomic E-state index is 14.3. The van der Waals surface area contributed by atoms with Gasteiger partial charge in [-0.1, -0.05) is 29.8 Å². The van der Waals surface area contributed by atoms with Crippen LogP contribution in [0.2, 0.25) is 5.02 Å². The Hall–Kier alpha value is -4.29. The molecule has 4 aromatic heterocycles. The van der Waals surface area contributed by atoms with E-state index in [1.54, 1.807) is 37.3 Å². The van der Waals surface area contributed by atoms with Crippen LogP contribution >= 0.6 is 11.6 Å². The van der Waals surface area contributed by atoms with Gasteiger partial charge in [0.2, 0.25) is 0 Å². The Balaban J connectivity index is 1.97. The summed E-state index contributed by atoms with van der Waals surface area (Å²) in [5.74, 6) is 0. The Kier molecular flexibility index (Phi) is 6.60. The number of pyridine rings is 2. The first kappa shape index (κ1) is 26.3. The normalized spacial score (nSPS) is 11.9. The van der Waals surface area contributed by atoms with Gasteiger partial charge in [-0.15, -0.1) is 5.10 Å². The van der Waals surface area contributed by atoms with Crippen LogP contribution in [0.3, 0.4) is 0 Å². The number of hydrogen-bond acceptors (Lipinski definition) is 6. The number of halogens is 4. The van der Waals surface area contributed by atoms with Crippen molar-refractivity contribution in [2.24, 2.45) is 0 Å². The highest BCUT2D eigenvalue weighted by Crippen LogP contribution is 2.34. The van der Waals surface area contributed by atoms with Gasteiger partial charge in [-0.3, -0.25) is 9.78 Å². The highest BCUT2D eigenvalue weighted by atomic mass is 35.5. The zero-order chi connectivity index (χ0) is 28.1. The van der Waals surface area contributed by atoms with Crippen molar-refractivity contribution in [3.8, 4) is 27.9 Å². The summed E-state index contributed by atoms with van der Waals surface area (Å²) >= 11 is 6.10. The summed E-state index contributed by atoms with van der Waals surface area (Å²) in [6, 6.07) is 11.5. The van der Waals surface area contributed by atoms with E-state index < -0.39 is 23.1 Å². The first-order valence-electron chi connectivity index (χ1n) is 11.7. The Morgan fingerprint density at radius 3 is 2.23 bits per heavy atom. The molecule has 0 unspecified atom stereocenters. The van der Waals surface area contributed by atoms with Gasteiger partial charge in [0.25, 0.3) is 5.56 Å². The summed E-state index contributed by atoms with van der Waals surface area (Å²) in [5.41, 5.74) is -0.962. The molecule has 0 radical (unpaired) electrons. The Labute approximate surface area is 223 Å². The van der Waals surface area contributed by atoms with E-state index in [0.717, 1.165) is 26.0 Å². The van der Waals surface area contributed by atoms with E-state index in [1.807, 2.05) is 0 Å². The number of hydrogen-bond donors (Lipinski definition) is 1. The van der Waals surface area contributed by atoms with Crippen LogP contribution in [0, 0.1) is 6.92 Å². The van der Waals surface area contributed by atoms with Crippen molar-refractivity contribution < 1.29 is 18.3 Å². The third kappa shape index (κ3) is 4.51. The van der Waals surface area contributed by atoms with Gasteiger partial charge < -0.3 is 5.11 Å². The van der Waals surface area contributed by atoms with E-state index in [2.05, 4.69) is 15.1 Å². The van der Waals surface area contributed by atoms with E-state index in [9.17, 15) is 27.9 Å². The first-order chi connectivity index (χ1) is 18.5. The molecule has 1 aromatic carbocycles. The highest BCUT2D eigenvalue weighted by Gasteiger charge is 2.33. The SMILES string of the molecule is CCn1nc2c(-c3ccc(Cl)cc3)c(-c3ccc(CO)nc3)c(=O)n(-c3ccc(C(F)(F)F)nc3C)n2c1=O. The largest absolute Gasteiger partial charge is 0.433 e. The predicted molar refractivity (Wildman–Crippen MR) is 138 cm³/mol. The number of fused-ring (bicyclic) bond motifs is 1. The molecule has 0 aliphatic heterocycles. The molecule has 0 bridgehead atoms. The predicted octanol–water partition coefficient (Wildman–Crippen LogP) is 4.26. The summed E-state index contributed by atoms with van der Waals surface area (Å²) in [7, 11) is 0. The number of aromatic nitrogens is 6. The zero-order valence-electron chi connectivity index (χ0n) is 20.6. The van der Waals surface area contributed by atoms with Gasteiger partial charge in [0.1, 0.15) is 5.69 Å². The second-order valence-electron chi connectivity index (χ2n) is 8.60. The van der Waals surface area contributed by atoms with Crippen molar-refractivity contribution >= 4 is 17.2 Å². The number of nitrogens with zero attached hydrogens (tertiary/aromatic N) is 6. The molecule has 0 aliphatic rings. The molecule has 0 aliphatic carbocycles. The lowest BCUT2D eigenvalue weighted by atomic mass is 9.97. The van der Waals surface area contributed by atoms with Crippen LogP contribution in [-0.2, 0) is 19.3 Å². The lowest BCUT2D eigenvalue weighted by Gasteiger charge is -2.17. The number of aliphatic hydroxyl groups excluding tert-OH is 1. The van der Waals surface area contributed by atoms with Crippen LogP contribution in [0.4, 0.5) is 13.2 Å². The zero-order valence-corrected chi connectivity index (χ0v) is 21.3. The van der Waals surface area contributed by atoms with Gasteiger partial charge in [0.15, 0.2) is 5.65 Å². The number of aryl methyl sites for hydroxylation is 2. The molecule has 0 saturated carbocycles. The van der Waals surface area contributed by atoms with Crippen molar-refractivity contribution in [2.75, 3.05) is 0 Å². The lowest BCUT2D eigenvalue weighted by molar-refractivity contribution is -0.141. The Morgan fingerprint density at radius 2 is 1.67 bits per heavy atom. The van der Waals surface area contributed by atoms with E-state index in [4.69, 9.17) is 11.6 Å². The minimum Gasteiger partial charge on any atom is -0.390 e. The summed E-state index contributed by atoms with van der Waals surface area (Å²) in [6.07, 6.45) is -3.30. The molecule has 0 fully saturated rings. The minimum atomic E-state index is -4.70. The first-order valence-corrected chi connectivity index (χ1v) is 12.1. The molecule has 5 aromatic rings. The van der Waals surface area contributed by atoms with E-state index in [0.29, 0.717) is 27.4 Å². The molecule has 0 spiro atoms. The van der Waals surface area contributed by atoms with Crippen molar-refractivity contribution in [2.45, 2.75) is 33.2 Å². The van der Waals surface area contributed by atoms with Crippen molar-refractivity contribution in [1.82, 2.24) is 28.9 Å². The molecule has 0 saturated heterocycles. The second-order valence-corrected chi connectivity index (χ2v) is 9.04. The molecule has 0 atom stereocenters. The second kappa shape index (κ2) is 9.79. The lowest BCUT2D eigenvalue weighted by Crippen LogP contribution is -2.34. The molecule has 1 N–H and O–H groups in total. The number of benzene rings is 1. The fourth-order valence-corrected chi connectivity index (χ4v) is 4.46. The van der Waals surface area contributed by atoms with E-state index >= 15 is 0 Å². The monoisotopic (exact) mass is 556 g/mol. The van der Waals surface area contributed by atoms with Crippen LogP contribution in [0.15, 0.2) is 64.3 Å². The van der Waals surface area contributed by atoms with E-state index in [-0.39, 0.29) is 35.7 Å². The minimum absolute atomic E-state index is 0.0282. The summed E-state index contributed by atoms with van der Waals surface area (Å²) in [4.78, 5) is 35.6. The summed E-state index contributed by atoms with van der Waals surface area (Å²) < 4.78 is 43.2. The van der Waals surface area contributed by atoms with Crippen LogP contribution in [0.5, 0.6) is 0 Å². The van der Waals surface area contributed by atoms with E-state index in [1.165, 1.54) is 19.2 Å². The number of aliphatic hydroxyl groups is 1. The van der Waals surface area contributed by atoms with Gasteiger partial charge >= 0.3 is 11.9 Å². The smallest absolute Gasteiger partial charge is 0.390 e. The summed E-state index contributed by atoms with van der Waals surface area (Å²) in [6.45, 7) is 2.87. The Bertz CT molecular complexity index is 1820. The fraction of sp³-hybridized carbons (Fsp3) is 0.192. The maximum Gasteiger partial charge on any atom is 0.433 e. The third-order valence-electron chi connectivity index (χ3n) is 6.18. The van der Waals surface area contributed by atoms with Crippen LogP contribution in [0.25, 0.3) is 33.6 Å². The molecule has 4 heterocycles. The molecule has 5 rings (SSSR count). The maximum atomic E-state index is 14.3. The van der Waals surface area contributed by atoms with Gasteiger partial charge in [0.05, 0.1) is 29.2 Å². The van der Waals surface area contributed by atoms with Gasteiger partial charge in [-0.25, -0.2) is 19.1 Å². The average molecular weight is 557 g/mol. The summed E-state index contributed by atoms with van der Waals surface area (Å²) in [5, 5.41) is 14.4. The fourth-order valence-electron chi connectivity index (χ4n) is 4.33. The molecule has 39 heavy (non-hydrogen) atoms. The highest BCUT2D eigenvalue weighted by molar-refractivity contribution is 6.30. The Morgan fingerprint density at radius 1 is 0.974 bits per heavy atom. The average Bonchev–Trinajstić information content (AvgIpc) is 3.24. The number of alkyl halides is 3. The van der Waals surface area contributed by atoms with Crippen molar-refractivity contribution in [3.05, 3.63) is 97.7 Å². The topological polar surface area (TPSA) is 107 Å². The van der Waals surface area contributed by atoms with Crippen LogP contribution in [0.1, 0.15) is 24.0 Å². The molecule has 13 heteroatoms. The van der Waals surface area contributed by atoms with Crippen molar-refractivity contribution in [3.63, 3.8) is 0 Å². The molecular formula is C26H20ClF3N6O3. The molecular weight excluding hydrogens is 537 g/mol. The quantitative estimate of drug-likeness (QED) is 0.347. The third-order valence-corrected chi connectivity index (χ3v) is 6.43. The molecule has 200 valence electrons. The molecule has 9 nitrogen and oxygen atoms in total. The number of rotatable bonds is 5. The van der Waals surface area contributed by atoms with Crippen molar-refractivity contribution in [1.29, 1.82) is 0 Å². The van der Waals surface area contributed by atoms with Gasteiger partial charge in [0, 0.05) is 28.9 Å². The van der Waals surface area contributed by atoms with Crippen LogP contribution < -0.4 is 11.2 Å². The van der Waals surface area contributed by atoms with Crippen LogP contribution in [-0.4, -0.2) is 34.1 Å². The van der Waals surface area contributed by atoms with Gasteiger partial charge in [-0.05, 0) is 49.7 Å². The van der Waals surface area contributed by atoms with Gasteiger partial charge in [-0.2, -0.15) is 17.7 Å². The molecule has 0 amide bonds.